The maximum atomic E-state index is 11.7. The molecule has 3 N–H and O–H groups in total. The molecule has 0 radical (unpaired) electrons. The van der Waals surface area contributed by atoms with Gasteiger partial charge in [-0.3, -0.25) is 9.78 Å². The van der Waals surface area contributed by atoms with Crippen molar-refractivity contribution in [2.24, 2.45) is 0 Å². The van der Waals surface area contributed by atoms with Crippen LogP contribution in [0.2, 0.25) is 0 Å². The number of nitrogens with one attached hydrogen (secondary N) is 1. The van der Waals surface area contributed by atoms with E-state index >= 15 is 0 Å². The zero-order valence-electron chi connectivity index (χ0n) is 8.42. The molecule has 0 unspecified atom stereocenters. The summed E-state index contributed by atoms with van der Waals surface area (Å²) in [6.45, 7) is 0. The number of anilines is 2. The van der Waals surface area contributed by atoms with E-state index in [-0.39, 0.29) is 5.91 Å². The van der Waals surface area contributed by atoms with Crippen LogP contribution in [0.1, 0.15) is 10.5 Å². The summed E-state index contributed by atoms with van der Waals surface area (Å²) in [4.78, 5) is 19.6. The van der Waals surface area contributed by atoms with E-state index in [1.165, 1.54) is 0 Å². The number of hydrogen-bond acceptors (Lipinski definition) is 4. The molecule has 80 valence electrons. The van der Waals surface area contributed by atoms with Crippen molar-refractivity contribution in [3.05, 3.63) is 48.4 Å². The van der Waals surface area contributed by atoms with Crippen LogP contribution < -0.4 is 11.1 Å². The van der Waals surface area contributed by atoms with Crippen LogP contribution in [0.3, 0.4) is 0 Å². The topological polar surface area (TPSA) is 80.9 Å². The summed E-state index contributed by atoms with van der Waals surface area (Å²) >= 11 is 0. The molecule has 1 amide bonds. The van der Waals surface area contributed by atoms with Crippen molar-refractivity contribution in [2.75, 3.05) is 11.1 Å². The Kier molecular flexibility index (Phi) is 2.77. The van der Waals surface area contributed by atoms with Gasteiger partial charge in [0.1, 0.15) is 5.69 Å². The molecule has 2 aromatic rings. The number of carbonyl (C=O) groups excluding carboxylic acids is 1. The molecule has 0 aliphatic carbocycles. The lowest BCUT2D eigenvalue weighted by molar-refractivity contribution is 0.102. The Morgan fingerprint density at radius 1 is 1.12 bits per heavy atom. The van der Waals surface area contributed by atoms with Gasteiger partial charge >= 0.3 is 0 Å². The van der Waals surface area contributed by atoms with E-state index in [1.807, 2.05) is 0 Å². The Bertz CT molecular complexity index is 498. The van der Waals surface area contributed by atoms with Gasteiger partial charge < -0.3 is 11.1 Å². The molecule has 0 spiro atoms. The monoisotopic (exact) mass is 214 g/mol. The average molecular weight is 214 g/mol. The van der Waals surface area contributed by atoms with E-state index in [0.717, 1.165) is 0 Å². The number of nitrogens with two attached hydrogens (primary N) is 1. The predicted molar refractivity (Wildman–Crippen MR) is 60.8 cm³/mol. The lowest BCUT2D eigenvalue weighted by Crippen LogP contribution is -2.15. The molecular formula is C11H10N4O. The Labute approximate surface area is 92.3 Å². The quantitative estimate of drug-likeness (QED) is 0.789. The van der Waals surface area contributed by atoms with Gasteiger partial charge in [-0.1, -0.05) is 6.07 Å². The lowest BCUT2D eigenvalue weighted by Gasteiger charge is -2.05. The van der Waals surface area contributed by atoms with Gasteiger partial charge in [0.2, 0.25) is 0 Å². The van der Waals surface area contributed by atoms with E-state index in [2.05, 4.69) is 15.3 Å². The van der Waals surface area contributed by atoms with Gasteiger partial charge in [-0.25, -0.2) is 4.98 Å². The van der Waals surface area contributed by atoms with Gasteiger partial charge in [-0.05, 0) is 24.3 Å². The van der Waals surface area contributed by atoms with Gasteiger partial charge in [0, 0.05) is 12.4 Å². The fraction of sp³-hybridized carbons (Fsp3) is 0. The van der Waals surface area contributed by atoms with Crippen molar-refractivity contribution < 1.29 is 4.79 Å². The summed E-state index contributed by atoms with van der Waals surface area (Å²) in [5.74, 6) is 0.0177. The molecule has 2 aromatic heterocycles. The van der Waals surface area contributed by atoms with Crippen LogP contribution in [0.25, 0.3) is 0 Å². The first kappa shape index (κ1) is 10.1. The summed E-state index contributed by atoms with van der Waals surface area (Å²) in [7, 11) is 0. The highest BCUT2D eigenvalue weighted by Gasteiger charge is 2.08. The minimum Gasteiger partial charge on any atom is -0.396 e. The normalized spacial score (nSPS) is 9.75. The zero-order chi connectivity index (χ0) is 11.4. The number of amides is 1. The van der Waals surface area contributed by atoms with Crippen LogP contribution in [0.15, 0.2) is 42.7 Å². The number of hydrogen-bond donors (Lipinski definition) is 2. The second-order valence-corrected chi connectivity index (χ2v) is 3.11. The van der Waals surface area contributed by atoms with Crippen LogP contribution in [0.5, 0.6) is 0 Å². The summed E-state index contributed by atoms with van der Waals surface area (Å²) in [5.41, 5.74) is 6.40. The van der Waals surface area contributed by atoms with Crippen LogP contribution in [-0.4, -0.2) is 15.9 Å². The summed E-state index contributed by atoms with van der Waals surface area (Å²) in [6.07, 6.45) is 3.11. The number of pyridine rings is 2. The van der Waals surface area contributed by atoms with Crippen LogP contribution in [0.4, 0.5) is 11.5 Å². The molecule has 5 nitrogen and oxygen atoms in total. The first-order valence-electron chi connectivity index (χ1n) is 4.70. The van der Waals surface area contributed by atoms with E-state index in [9.17, 15) is 4.79 Å². The third-order valence-electron chi connectivity index (χ3n) is 1.97. The molecule has 0 fully saturated rings. The summed E-state index contributed by atoms with van der Waals surface area (Å²) in [6, 6.07) is 8.47. The SMILES string of the molecule is Nc1cccnc1NC(=O)c1ccccn1. The Balaban J connectivity index is 2.18. The molecule has 0 saturated carbocycles. The minimum absolute atomic E-state index is 0.326. The van der Waals surface area contributed by atoms with Crippen LogP contribution >= 0.6 is 0 Å². The fourth-order valence-corrected chi connectivity index (χ4v) is 1.19. The molecule has 0 aromatic carbocycles. The smallest absolute Gasteiger partial charge is 0.275 e. The minimum atomic E-state index is -0.328. The van der Waals surface area contributed by atoms with Crippen molar-refractivity contribution in [1.29, 1.82) is 0 Å². The average Bonchev–Trinajstić information content (AvgIpc) is 2.33. The van der Waals surface area contributed by atoms with E-state index in [0.29, 0.717) is 17.2 Å². The second kappa shape index (κ2) is 4.39. The van der Waals surface area contributed by atoms with Gasteiger partial charge in [-0.2, -0.15) is 0 Å². The van der Waals surface area contributed by atoms with E-state index in [1.54, 1.807) is 42.7 Å². The Morgan fingerprint density at radius 3 is 2.62 bits per heavy atom. The highest BCUT2D eigenvalue weighted by Crippen LogP contribution is 2.13. The van der Waals surface area contributed by atoms with Crippen molar-refractivity contribution >= 4 is 17.4 Å². The van der Waals surface area contributed by atoms with Crippen molar-refractivity contribution in [3.8, 4) is 0 Å². The lowest BCUT2D eigenvalue weighted by atomic mass is 10.3. The first-order chi connectivity index (χ1) is 7.77. The number of nitrogens with zero attached hydrogens (tertiary/aromatic N) is 2. The van der Waals surface area contributed by atoms with Gasteiger partial charge in [0.25, 0.3) is 5.91 Å². The number of rotatable bonds is 2. The molecule has 0 aliphatic rings. The fourth-order valence-electron chi connectivity index (χ4n) is 1.19. The van der Waals surface area contributed by atoms with Gasteiger partial charge in [0.05, 0.1) is 5.69 Å². The van der Waals surface area contributed by atoms with Gasteiger partial charge in [-0.15, -0.1) is 0 Å². The highest BCUT2D eigenvalue weighted by molar-refractivity contribution is 6.03. The number of carbonyl (C=O) groups is 1. The molecule has 0 atom stereocenters. The van der Waals surface area contributed by atoms with Crippen LogP contribution in [-0.2, 0) is 0 Å². The number of nitrogen functional groups attached to an aromatic ring is 1. The van der Waals surface area contributed by atoms with E-state index < -0.39 is 0 Å². The van der Waals surface area contributed by atoms with Gasteiger partial charge in [0.15, 0.2) is 5.82 Å². The largest absolute Gasteiger partial charge is 0.396 e. The molecule has 0 aliphatic heterocycles. The molecule has 0 bridgehead atoms. The highest BCUT2D eigenvalue weighted by atomic mass is 16.1. The standard InChI is InChI=1S/C11H10N4O/c12-8-4-3-7-14-10(8)15-11(16)9-5-1-2-6-13-9/h1-7H,12H2,(H,14,15,16). The van der Waals surface area contributed by atoms with Crippen molar-refractivity contribution in [1.82, 2.24) is 9.97 Å². The Hall–Kier alpha value is -2.43. The van der Waals surface area contributed by atoms with E-state index in [4.69, 9.17) is 5.73 Å². The maximum Gasteiger partial charge on any atom is 0.275 e. The molecular weight excluding hydrogens is 204 g/mol. The predicted octanol–water partition coefficient (Wildman–Crippen LogP) is 1.31. The third-order valence-corrected chi connectivity index (χ3v) is 1.97. The van der Waals surface area contributed by atoms with Crippen molar-refractivity contribution in [3.63, 3.8) is 0 Å². The first-order valence-corrected chi connectivity index (χ1v) is 4.70. The summed E-state index contributed by atoms with van der Waals surface area (Å²) < 4.78 is 0. The second-order valence-electron chi connectivity index (χ2n) is 3.11. The zero-order valence-corrected chi connectivity index (χ0v) is 8.42. The molecule has 0 saturated heterocycles. The summed E-state index contributed by atoms with van der Waals surface area (Å²) in [5, 5.41) is 2.59. The molecule has 2 heterocycles. The Morgan fingerprint density at radius 2 is 1.94 bits per heavy atom. The molecule has 16 heavy (non-hydrogen) atoms. The molecule has 2 rings (SSSR count). The third kappa shape index (κ3) is 2.14. The molecule has 5 heteroatoms. The maximum absolute atomic E-state index is 11.7. The van der Waals surface area contributed by atoms with Crippen LogP contribution in [0, 0.1) is 0 Å². The number of aromatic nitrogens is 2. The van der Waals surface area contributed by atoms with Crippen molar-refractivity contribution in [2.45, 2.75) is 0 Å².